The molecule has 1 aliphatic carbocycles. The zero-order valence-electron chi connectivity index (χ0n) is 17.9. The molecule has 0 radical (unpaired) electrons. The topological polar surface area (TPSA) is 18.5 Å². The van der Waals surface area contributed by atoms with Gasteiger partial charge in [0, 0.05) is 0 Å². The van der Waals surface area contributed by atoms with E-state index in [1.165, 1.54) is 18.6 Å². The van der Waals surface area contributed by atoms with E-state index >= 15 is 0 Å². The number of halogens is 5. The lowest BCUT2D eigenvalue weighted by molar-refractivity contribution is -0.185. The quantitative estimate of drug-likeness (QED) is 0.281. The molecule has 2 aromatic carbocycles. The number of ether oxygens (including phenoxy) is 2. The molecule has 1 aliphatic rings. The van der Waals surface area contributed by atoms with Crippen LogP contribution < -0.4 is 9.47 Å². The van der Waals surface area contributed by atoms with Gasteiger partial charge in [0.2, 0.25) is 0 Å². The van der Waals surface area contributed by atoms with Gasteiger partial charge in [0.05, 0.1) is 5.56 Å². The van der Waals surface area contributed by atoms with Crippen molar-refractivity contribution in [2.45, 2.75) is 64.1 Å². The lowest BCUT2D eigenvalue weighted by Crippen LogP contribution is -2.22. The molecule has 0 N–H and O–H groups in total. The van der Waals surface area contributed by atoms with Crippen molar-refractivity contribution in [2.75, 3.05) is 0 Å². The molecule has 1 saturated carbocycles. The minimum absolute atomic E-state index is 0.0629. The van der Waals surface area contributed by atoms with Crippen LogP contribution in [0.15, 0.2) is 54.6 Å². The van der Waals surface area contributed by atoms with Crippen molar-refractivity contribution in [3.8, 4) is 11.5 Å². The Morgan fingerprint density at radius 2 is 1.72 bits per heavy atom. The van der Waals surface area contributed by atoms with Crippen molar-refractivity contribution in [3.63, 3.8) is 0 Å². The SMILES string of the molecule is C/C=C/CCC1CCC(c2ccc(OC(F)(F)c3ccc(OC(F)F)c(F)c3)cc2)CC1. The van der Waals surface area contributed by atoms with Crippen LogP contribution in [-0.2, 0) is 6.11 Å². The van der Waals surface area contributed by atoms with E-state index in [1.807, 2.05) is 6.92 Å². The standard InChI is InChI=1S/C25H27F5O2/c1-2-3-4-5-17-6-8-18(9-7-17)19-10-13-21(14-11-19)32-25(29,30)20-12-15-23(22(26)16-20)31-24(27)28/h2-3,10-18,24H,4-9H2,1H3/b3-2+. The van der Waals surface area contributed by atoms with E-state index in [2.05, 4.69) is 16.9 Å². The summed E-state index contributed by atoms with van der Waals surface area (Å²) >= 11 is 0. The van der Waals surface area contributed by atoms with Gasteiger partial charge in [0.1, 0.15) is 5.75 Å². The summed E-state index contributed by atoms with van der Waals surface area (Å²) in [6.07, 6.45) is 7.22. The van der Waals surface area contributed by atoms with E-state index in [0.717, 1.165) is 55.7 Å². The van der Waals surface area contributed by atoms with Crippen LogP contribution in [0.4, 0.5) is 22.0 Å². The lowest BCUT2D eigenvalue weighted by atomic mass is 9.77. The van der Waals surface area contributed by atoms with E-state index < -0.39 is 29.9 Å². The summed E-state index contributed by atoms with van der Waals surface area (Å²) in [7, 11) is 0. The summed E-state index contributed by atoms with van der Waals surface area (Å²) in [4.78, 5) is 0. The van der Waals surface area contributed by atoms with Crippen molar-refractivity contribution in [1.82, 2.24) is 0 Å². The van der Waals surface area contributed by atoms with Crippen LogP contribution in [0.25, 0.3) is 0 Å². The Hall–Kier alpha value is -2.57. The fourth-order valence-electron chi connectivity index (χ4n) is 4.17. The van der Waals surface area contributed by atoms with Crippen molar-refractivity contribution in [1.29, 1.82) is 0 Å². The number of allylic oxidation sites excluding steroid dienone is 2. The van der Waals surface area contributed by atoms with Gasteiger partial charge in [0.15, 0.2) is 11.6 Å². The molecule has 32 heavy (non-hydrogen) atoms. The molecule has 0 bridgehead atoms. The second-order valence-electron chi connectivity index (χ2n) is 8.08. The predicted octanol–water partition coefficient (Wildman–Crippen LogP) is 8.19. The first kappa shape index (κ1) is 24.1. The maximum absolute atomic E-state index is 14.5. The minimum Gasteiger partial charge on any atom is -0.432 e. The van der Waals surface area contributed by atoms with Gasteiger partial charge in [-0.3, -0.25) is 0 Å². The fourth-order valence-corrected chi connectivity index (χ4v) is 4.17. The molecule has 0 amide bonds. The van der Waals surface area contributed by atoms with Gasteiger partial charge in [-0.05, 0) is 93.2 Å². The Morgan fingerprint density at radius 3 is 2.31 bits per heavy atom. The van der Waals surface area contributed by atoms with Crippen LogP contribution in [0.3, 0.4) is 0 Å². The highest BCUT2D eigenvalue weighted by Crippen LogP contribution is 2.39. The normalized spacial score (nSPS) is 19.5. The first-order valence-electron chi connectivity index (χ1n) is 10.8. The van der Waals surface area contributed by atoms with Crippen LogP contribution >= 0.6 is 0 Å². The van der Waals surface area contributed by atoms with Gasteiger partial charge in [-0.2, -0.15) is 17.6 Å². The van der Waals surface area contributed by atoms with Crippen LogP contribution in [0.2, 0.25) is 0 Å². The summed E-state index contributed by atoms with van der Waals surface area (Å²) in [6, 6.07) is 8.49. The molecule has 174 valence electrons. The van der Waals surface area contributed by atoms with Gasteiger partial charge < -0.3 is 9.47 Å². The Balaban J connectivity index is 1.59. The number of rotatable bonds is 9. The first-order chi connectivity index (χ1) is 15.3. The molecule has 3 rings (SSSR count). The van der Waals surface area contributed by atoms with Crippen LogP contribution in [0.5, 0.6) is 11.5 Å². The molecule has 0 atom stereocenters. The van der Waals surface area contributed by atoms with Crippen molar-refractivity contribution >= 4 is 0 Å². The third kappa shape index (κ3) is 6.47. The number of benzene rings is 2. The van der Waals surface area contributed by atoms with E-state index in [9.17, 15) is 22.0 Å². The molecule has 2 aromatic rings. The van der Waals surface area contributed by atoms with Crippen LogP contribution in [0, 0.1) is 11.7 Å². The number of hydrogen-bond donors (Lipinski definition) is 0. The van der Waals surface area contributed by atoms with Gasteiger partial charge in [-0.15, -0.1) is 0 Å². The summed E-state index contributed by atoms with van der Waals surface area (Å²) in [5, 5.41) is 0. The smallest absolute Gasteiger partial charge is 0.426 e. The minimum atomic E-state index is -3.84. The Morgan fingerprint density at radius 1 is 1.03 bits per heavy atom. The highest BCUT2D eigenvalue weighted by molar-refractivity contribution is 5.33. The zero-order valence-corrected chi connectivity index (χ0v) is 17.9. The molecule has 0 unspecified atom stereocenters. The molecular weight excluding hydrogens is 427 g/mol. The second-order valence-corrected chi connectivity index (χ2v) is 8.08. The molecule has 0 aliphatic heterocycles. The molecule has 0 heterocycles. The third-order valence-corrected chi connectivity index (χ3v) is 5.91. The molecular formula is C25H27F5O2. The molecule has 0 saturated heterocycles. The van der Waals surface area contributed by atoms with E-state index in [-0.39, 0.29) is 5.75 Å². The average molecular weight is 454 g/mol. The monoisotopic (exact) mass is 454 g/mol. The third-order valence-electron chi connectivity index (χ3n) is 5.91. The Bertz CT molecular complexity index is 888. The van der Waals surface area contributed by atoms with Gasteiger partial charge in [-0.1, -0.05) is 24.3 Å². The van der Waals surface area contributed by atoms with Crippen LogP contribution in [0.1, 0.15) is 62.5 Å². The highest BCUT2D eigenvalue weighted by atomic mass is 19.3. The zero-order chi connectivity index (χ0) is 23.1. The van der Waals surface area contributed by atoms with E-state index in [4.69, 9.17) is 4.74 Å². The fraction of sp³-hybridized carbons (Fsp3) is 0.440. The lowest BCUT2D eigenvalue weighted by Gasteiger charge is -2.28. The summed E-state index contributed by atoms with van der Waals surface area (Å²) in [5.41, 5.74) is 0.295. The molecule has 0 spiro atoms. The first-order valence-corrected chi connectivity index (χ1v) is 10.8. The van der Waals surface area contributed by atoms with Crippen molar-refractivity contribution in [2.24, 2.45) is 5.92 Å². The van der Waals surface area contributed by atoms with Gasteiger partial charge in [-0.25, -0.2) is 4.39 Å². The predicted molar refractivity (Wildman–Crippen MR) is 113 cm³/mol. The summed E-state index contributed by atoms with van der Waals surface area (Å²) in [5.74, 6) is -1.05. The van der Waals surface area contributed by atoms with E-state index in [0.29, 0.717) is 12.0 Å². The van der Waals surface area contributed by atoms with Gasteiger partial charge >= 0.3 is 12.7 Å². The van der Waals surface area contributed by atoms with Crippen molar-refractivity contribution < 1.29 is 31.4 Å². The maximum Gasteiger partial charge on any atom is 0.426 e. The largest absolute Gasteiger partial charge is 0.432 e. The highest BCUT2D eigenvalue weighted by Gasteiger charge is 2.35. The molecule has 0 aromatic heterocycles. The summed E-state index contributed by atoms with van der Waals surface area (Å²) < 4.78 is 75.9. The summed E-state index contributed by atoms with van der Waals surface area (Å²) in [6.45, 7) is -1.22. The Kier molecular flexibility index (Phi) is 8.15. The van der Waals surface area contributed by atoms with Gasteiger partial charge in [0.25, 0.3) is 0 Å². The van der Waals surface area contributed by atoms with Crippen molar-refractivity contribution in [3.05, 3.63) is 71.6 Å². The van der Waals surface area contributed by atoms with Crippen LogP contribution in [-0.4, -0.2) is 6.61 Å². The number of hydrogen-bond acceptors (Lipinski definition) is 2. The van der Waals surface area contributed by atoms with E-state index in [1.54, 1.807) is 12.1 Å². The molecule has 1 fully saturated rings. The second kappa shape index (κ2) is 10.8. The average Bonchev–Trinajstić information content (AvgIpc) is 2.76. The number of alkyl halides is 4. The maximum atomic E-state index is 14.5. The Labute approximate surface area is 185 Å². The molecule has 7 heteroatoms. The molecule has 2 nitrogen and oxygen atoms in total.